The zero-order chi connectivity index (χ0) is 21.0. The van der Waals surface area contributed by atoms with Crippen LogP contribution in [-0.2, 0) is 12.8 Å². The van der Waals surface area contributed by atoms with Crippen LogP contribution in [0.25, 0.3) is 0 Å². The van der Waals surface area contributed by atoms with E-state index in [1.165, 1.54) is 15.9 Å². The lowest BCUT2D eigenvalue weighted by atomic mass is 10.3. The van der Waals surface area contributed by atoms with Crippen LogP contribution in [0.15, 0.2) is 116 Å². The maximum Gasteiger partial charge on any atom is 0.449 e. The standard InChI is InChI=1S/C24H19F3O2S/c25-24(26,27)23-16-13-19(29-23)17-28-18-11-14-22(15-12-18)30(20-7-3-1-4-8-20)21-9-5-2-6-10-21/h1-16,30H,17H2. The fourth-order valence-electron chi connectivity index (χ4n) is 3.06. The highest BCUT2D eigenvalue weighted by molar-refractivity contribution is 8.17. The Balaban J connectivity index is 1.52. The minimum absolute atomic E-state index is 0.0679. The molecule has 0 amide bonds. The van der Waals surface area contributed by atoms with Crippen molar-refractivity contribution >= 4 is 10.9 Å². The molecule has 4 aromatic rings. The van der Waals surface area contributed by atoms with E-state index in [2.05, 4.69) is 24.3 Å². The molecule has 2 nitrogen and oxygen atoms in total. The van der Waals surface area contributed by atoms with Crippen molar-refractivity contribution in [3.8, 4) is 5.75 Å². The van der Waals surface area contributed by atoms with E-state index in [4.69, 9.17) is 9.15 Å². The van der Waals surface area contributed by atoms with Crippen LogP contribution in [0.4, 0.5) is 13.2 Å². The molecule has 3 aromatic carbocycles. The summed E-state index contributed by atoms with van der Waals surface area (Å²) in [6.45, 7) is -0.0679. The van der Waals surface area contributed by atoms with Gasteiger partial charge in [0, 0.05) is 0 Å². The number of alkyl halides is 3. The van der Waals surface area contributed by atoms with Crippen LogP contribution in [0.1, 0.15) is 11.5 Å². The van der Waals surface area contributed by atoms with E-state index in [0.29, 0.717) is 5.75 Å². The SMILES string of the molecule is FC(F)(F)c1ccc(COc2ccc([SH](c3ccccc3)c3ccccc3)cc2)o1. The van der Waals surface area contributed by atoms with Gasteiger partial charge in [-0.05, 0) is 75.4 Å². The molecule has 0 radical (unpaired) electrons. The molecule has 0 fully saturated rings. The van der Waals surface area contributed by atoms with E-state index < -0.39 is 22.8 Å². The van der Waals surface area contributed by atoms with Crippen molar-refractivity contribution in [1.82, 2.24) is 0 Å². The molecule has 4 rings (SSSR count). The molecule has 0 bridgehead atoms. The first kappa shape index (κ1) is 20.2. The Morgan fingerprint density at radius 1 is 0.667 bits per heavy atom. The van der Waals surface area contributed by atoms with Crippen LogP contribution in [0.5, 0.6) is 5.75 Å². The molecule has 0 unspecified atom stereocenters. The largest absolute Gasteiger partial charge is 0.486 e. The maximum atomic E-state index is 12.6. The minimum atomic E-state index is -4.49. The van der Waals surface area contributed by atoms with E-state index >= 15 is 0 Å². The van der Waals surface area contributed by atoms with E-state index in [0.717, 1.165) is 11.0 Å². The summed E-state index contributed by atoms with van der Waals surface area (Å²) in [4.78, 5) is 3.64. The maximum absolute atomic E-state index is 12.6. The van der Waals surface area contributed by atoms with Gasteiger partial charge in [-0.2, -0.15) is 24.1 Å². The quantitative estimate of drug-likeness (QED) is 0.324. The molecular weight excluding hydrogens is 409 g/mol. The number of halogens is 3. The molecule has 154 valence electrons. The molecule has 6 heteroatoms. The molecule has 1 aromatic heterocycles. The molecule has 0 saturated carbocycles. The van der Waals surface area contributed by atoms with E-state index in [-0.39, 0.29) is 12.4 Å². The molecule has 0 spiro atoms. The fourth-order valence-corrected chi connectivity index (χ4v) is 5.34. The monoisotopic (exact) mass is 428 g/mol. The summed E-state index contributed by atoms with van der Waals surface area (Å²) in [7, 11) is -0.720. The van der Waals surface area contributed by atoms with Crippen molar-refractivity contribution in [3.05, 3.63) is 109 Å². The van der Waals surface area contributed by atoms with E-state index in [1.807, 2.05) is 60.7 Å². The minimum Gasteiger partial charge on any atom is -0.486 e. The number of hydrogen-bond acceptors (Lipinski definition) is 2. The van der Waals surface area contributed by atoms with Gasteiger partial charge in [0.25, 0.3) is 0 Å². The van der Waals surface area contributed by atoms with Gasteiger partial charge in [0.05, 0.1) is 0 Å². The third-order valence-electron chi connectivity index (χ3n) is 4.45. The first-order chi connectivity index (χ1) is 14.5. The second-order valence-electron chi connectivity index (χ2n) is 6.55. The zero-order valence-corrected chi connectivity index (χ0v) is 16.7. The van der Waals surface area contributed by atoms with Gasteiger partial charge in [0.2, 0.25) is 5.76 Å². The van der Waals surface area contributed by atoms with Gasteiger partial charge >= 0.3 is 6.18 Å². The predicted molar refractivity (Wildman–Crippen MR) is 111 cm³/mol. The number of thiol groups is 1. The van der Waals surface area contributed by atoms with Gasteiger partial charge in [-0.3, -0.25) is 0 Å². The Kier molecular flexibility index (Phi) is 5.86. The molecular formula is C24H19F3O2S. The topological polar surface area (TPSA) is 22.4 Å². The Morgan fingerprint density at radius 2 is 1.20 bits per heavy atom. The average molecular weight is 428 g/mol. The van der Waals surface area contributed by atoms with Crippen LogP contribution >= 0.6 is 10.9 Å². The Bertz CT molecular complexity index is 1040. The molecule has 0 saturated heterocycles. The Morgan fingerprint density at radius 3 is 1.70 bits per heavy atom. The van der Waals surface area contributed by atoms with Crippen molar-refractivity contribution in [2.24, 2.45) is 0 Å². The van der Waals surface area contributed by atoms with Crippen molar-refractivity contribution in [3.63, 3.8) is 0 Å². The molecule has 0 atom stereocenters. The average Bonchev–Trinajstić information content (AvgIpc) is 3.25. The summed E-state index contributed by atoms with van der Waals surface area (Å²) in [5.41, 5.74) is 0. The lowest BCUT2D eigenvalue weighted by Gasteiger charge is -2.23. The van der Waals surface area contributed by atoms with Gasteiger partial charge in [-0.25, -0.2) is 0 Å². The molecule has 0 aliphatic rings. The highest BCUT2D eigenvalue weighted by Gasteiger charge is 2.34. The molecule has 0 N–H and O–H groups in total. The van der Waals surface area contributed by atoms with Crippen molar-refractivity contribution < 1.29 is 22.3 Å². The lowest BCUT2D eigenvalue weighted by Crippen LogP contribution is -2.02. The van der Waals surface area contributed by atoms with Gasteiger partial charge in [-0.1, -0.05) is 36.4 Å². The second-order valence-corrected chi connectivity index (χ2v) is 8.77. The predicted octanol–water partition coefficient (Wildman–Crippen LogP) is 7.36. The van der Waals surface area contributed by atoms with Crippen molar-refractivity contribution in [2.45, 2.75) is 27.5 Å². The van der Waals surface area contributed by atoms with Gasteiger partial charge < -0.3 is 9.15 Å². The van der Waals surface area contributed by atoms with Crippen LogP contribution < -0.4 is 4.74 Å². The van der Waals surface area contributed by atoms with Crippen molar-refractivity contribution in [2.75, 3.05) is 0 Å². The summed E-state index contributed by atoms with van der Waals surface area (Å²) in [6, 6.07) is 30.5. The first-order valence-corrected chi connectivity index (χ1v) is 10.6. The first-order valence-electron chi connectivity index (χ1n) is 9.30. The highest BCUT2D eigenvalue weighted by Crippen LogP contribution is 2.51. The van der Waals surface area contributed by atoms with E-state index in [1.54, 1.807) is 0 Å². The summed E-state index contributed by atoms with van der Waals surface area (Å²) in [5, 5.41) is 0. The van der Waals surface area contributed by atoms with Crippen LogP contribution in [0.2, 0.25) is 0 Å². The third kappa shape index (κ3) is 4.71. The van der Waals surface area contributed by atoms with Crippen LogP contribution in [-0.4, -0.2) is 0 Å². The van der Waals surface area contributed by atoms with Gasteiger partial charge in [0.1, 0.15) is 18.1 Å². The third-order valence-corrected chi connectivity index (χ3v) is 6.89. The van der Waals surface area contributed by atoms with E-state index in [9.17, 15) is 13.2 Å². The molecule has 30 heavy (non-hydrogen) atoms. The molecule has 1 heterocycles. The molecule has 0 aliphatic heterocycles. The Hall–Kier alpha value is -3.12. The van der Waals surface area contributed by atoms with Gasteiger partial charge in [-0.15, -0.1) is 0 Å². The summed E-state index contributed by atoms with van der Waals surface area (Å²) in [6.07, 6.45) is -4.49. The fraction of sp³-hybridized carbons (Fsp3) is 0.0833. The van der Waals surface area contributed by atoms with Crippen LogP contribution in [0.3, 0.4) is 0 Å². The summed E-state index contributed by atoms with van der Waals surface area (Å²) >= 11 is 0. The summed E-state index contributed by atoms with van der Waals surface area (Å²) < 4.78 is 48.3. The summed E-state index contributed by atoms with van der Waals surface area (Å²) in [5.74, 6) is -0.324. The second kappa shape index (κ2) is 8.71. The number of hydrogen-bond donors (Lipinski definition) is 1. The number of rotatable bonds is 6. The van der Waals surface area contributed by atoms with Gasteiger partial charge in [0.15, 0.2) is 0 Å². The lowest BCUT2D eigenvalue weighted by molar-refractivity contribution is -0.153. The number of ether oxygens (including phenoxy) is 1. The normalized spacial score (nSPS) is 11.9. The zero-order valence-electron chi connectivity index (χ0n) is 15.8. The highest BCUT2D eigenvalue weighted by atomic mass is 32.2. The van der Waals surface area contributed by atoms with Crippen LogP contribution in [0, 0.1) is 0 Å². The Labute approximate surface area is 175 Å². The smallest absolute Gasteiger partial charge is 0.449 e. The molecule has 0 aliphatic carbocycles. The number of furan rings is 1. The van der Waals surface area contributed by atoms with Crippen molar-refractivity contribution in [1.29, 1.82) is 0 Å². The number of benzene rings is 3.